The van der Waals surface area contributed by atoms with E-state index in [0.29, 0.717) is 0 Å². The van der Waals surface area contributed by atoms with Crippen LogP contribution in [-0.2, 0) is 9.09 Å². The predicted molar refractivity (Wildman–Crippen MR) is 77.5 cm³/mol. The zero-order chi connectivity index (χ0) is 14.1. The van der Waals surface area contributed by atoms with E-state index in [1.54, 1.807) is 0 Å². The summed E-state index contributed by atoms with van der Waals surface area (Å²) < 4.78 is 16.7. The molecule has 0 saturated heterocycles. The maximum atomic E-state index is 11.3. The molecule has 0 aliphatic heterocycles. The molecule has 0 aromatic heterocycles. The van der Waals surface area contributed by atoms with Gasteiger partial charge in [0.15, 0.2) is 0 Å². The lowest BCUT2D eigenvalue weighted by Gasteiger charge is -2.51. The van der Waals surface area contributed by atoms with Gasteiger partial charge in [0.05, 0.1) is 21.0 Å². The first-order valence-electron chi connectivity index (χ1n) is 6.03. The van der Waals surface area contributed by atoms with Crippen molar-refractivity contribution >= 4 is 24.0 Å². The van der Waals surface area contributed by atoms with Gasteiger partial charge in [0.2, 0.25) is 0 Å². The van der Waals surface area contributed by atoms with Crippen molar-refractivity contribution in [1.82, 2.24) is 0 Å². The molecule has 4 nitrogen and oxygen atoms in total. The van der Waals surface area contributed by atoms with Crippen LogP contribution in [0.5, 0.6) is 0 Å². The third-order valence-corrected chi connectivity index (χ3v) is 14.2. The van der Waals surface area contributed by atoms with Gasteiger partial charge in [0.25, 0.3) is 0 Å². The average molecular weight is 298 g/mol. The van der Waals surface area contributed by atoms with Gasteiger partial charge in [0, 0.05) is 0 Å². The van der Waals surface area contributed by atoms with E-state index in [-0.39, 0.29) is 0 Å². The van der Waals surface area contributed by atoms with Gasteiger partial charge in [0.1, 0.15) is 0 Å². The summed E-state index contributed by atoms with van der Waals surface area (Å²) in [5.74, 6) is 0. The topological polar surface area (TPSA) is 66.8 Å². The van der Waals surface area contributed by atoms with Crippen LogP contribution in [0.4, 0.5) is 0 Å². The zero-order valence-electron chi connectivity index (χ0n) is 12.1. The Morgan fingerprint density at radius 1 is 1.06 bits per heavy atom. The van der Waals surface area contributed by atoms with Crippen molar-refractivity contribution in [2.75, 3.05) is 0 Å². The van der Waals surface area contributed by atoms with E-state index in [1.165, 1.54) is 0 Å². The Morgan fingerprint density at radius 3 is 1.59 bits per heavy atom. The first kappa shape index (κ1) is 17.5. The van der Waals surface area contributed by atoms with Crippen LogP contribution in [0.2, 0.25) is 39.3 Å². The molecule has 0 unspecified atom stereocenters. The number of hydrogen-bond acceptors (Lipinski definition) is 2. The first-order valence-corrected chi connectivity index (χ1v) is 14.6. The minimum absolute atomic E-state index is 0.576. The van der Waals surface area contributed by atoms with Crippen molar-refractivity contribution in [1.29, 1.82) is 0 Å². The molecule has 0 rings (SSSR count). The van der Waals surface area contributed by atoms with Crippen LogP contribution in [0.25, 0.3) is 0 Å². The van der Waals surface area contributed by atoms with Crippen LogP contribution < -0.4 is 0 Å². The van der Waals surface area contributed by atoms with E-state index < -0.39 is 28.8 Å². The molecule has 7 heteroatoms. The van der Waals surface area contributed by atoms with Crippen LogP contribution in [0.15, 0.2) is 0 Å². The highest BCUT2D eigenvalue weighted by atomic mass is 31.2. The van der Waals surface area contributed by atoms with Crippen LogP contribution in [-0.4, -0.2) is 30.8 Å². The van der Waals surface area contributed by atoms with Gasteiger partial charge in [-0.2, -0.15) is 0 Å². The Labute approximate surface area is 107 Å². The third-order valence-electron chi connectivity index (χ3n) is 3.30. The molecule has 0 amide bonds. The maximum absolute atomic E-state index is 11.3. The van der Waals surface area contributed by atoms with E-state index in [1.807, 2.05) is 6.92 Å². The standard InChI is InChI=1S/C10H27O4PSi2/c1-8-9-10(16(2,3)4,17(5,6)7)14-15(11,12)13/h8-9H2,1-7H3,(H2,11,12,13). The number of phosphoric ester groups is 1. The monoisotopic (exact) mass is 298 g/mol. The maximum Gasteiger partial charge on any atom is 0.469 e. The molecule has 0 fully saturated rings. The molecular weight excluding hydrogens is 271 g/mol. The summed E-state index contributed by atoms with van der Waals surface area (Å²) in [6.07, 6.45) is 1.62. The summed E-state index contributed by atoms with van der Waals surface area (Å²) in [5.41, 5.74) is 0. The van der Waals surface area contributed by atoms with Crippen LogP contribution in [0, 0.1) is 0 Å². The number of rotatable bonds is 6. The van der Waals surface area contributed by atoms with Crippen molar-refractivity contribution in [2.24, 2.45) is 0 Å². The van der Waals surface area contributed by atoms with E-state index >= 15 is 0 Å². The summed E-state index contributed by atoms with van der Waals surface area (Å²) in [6.45, 7) is 14.9. The lowest BCUT2D eigenvalue weighted by atomic mass is 10.3. The SMILES string of the molecule is CCCC(OP(=O)(O)O)([Si](C)(C)C)[Si](C)(C)C. The molecule has 0 bridgehead atoms. The van der Waals surface area contributed by atoms with Crippen LogP contribution in [0.3, 0.4) is 0 Å². The zero-order valence-corrected chi connectivity index (χ0v) is 15.0. The molecule has 0 spiro atoms. The van der Waals surface area contributed by atoms with Crippen LogP contribution in [0.1, 0.15) is 19.8 Å². The highest BCUT2D eigenvalue weighted by molar-refractivity contribution is 7.46. The van der Waals surface area contributed by atoms with Gasteiger partial charge in [-0.25, -0.2) is 4.57 Å². The Balaban J connectivity index is 5.68. The number of phosphoric acid groups is 1. The summed E-state index contributed by atoms with van der Waals surface area (Å²) >= 11 is 0. The fourth-order valence-electron chi connectivity index (χ4n) is 2.75. The highest BCUT2D eigenvalue weighted by Gasteiger charge is 2.56. The minimum Gasteiger partial charge on any atom is -0.303 e. The van der Waals surface area contributed by atoms with Gasteiger partial charge in [-0.05, 0) is 6.42 Å². The molecule has 0 heterocycles. The normalized spacial score (nSPS) is 15.1. The summed E-state index contributed by atoms with van der Waals surface area (Å²) in [4.78, 5) is 17.9. The Kier molecular flexibility index (Phi) is 5.44. The van der Waals surface area contributed by atoms with E-state index in [2.05, 4.69) is 39.3 Å². The van der Waals surface area contributed by atoms with Crippen LogP contribution >= 0.6 is 7.82 Å². The summed E-state index contributed by atoms with van der Waals surface area (Å²) in [5, 5.41) is 0. The fraction of sp³-hybridized carbons (Fsp3) is 1.00. The van der Waals surface area contributed by atoms with Gasteiger partial charge >= 0.3 is 7.82 Å². The average Bonchev–Trinajstić information content (AvgIpc) is 1.96. The molecule has 104 valence electrons. The molecule has 0 aromatic carbocycles. The van der Waals surface area contributed by atoms with E-state index in [9.17, 15) is 14.4 Å². The quantitative estimate of drug-likeness (QED) is 0.582. The minimum atomic E-state index is -4.44. The summed E-state index contributed by atoms with van der Waals surface area (Å²) in [6, 6.07) is 0. The van der Waals surface area contributed by atoms with Crippen molar-refractivity contribution in [3.8, 4) is 0 Å². The van der Waals surface area contributed by atoms with Gasteiger partial charge in [-0.15, -0.1) is 0 Å². The smallest absolute Gasteiger partial charge is 0.303 e. The first-order chi connectivity index (χ1) is 7.27. The molecule has 0 aromatic rings. The lowest BCUT2D eigenvalue weighted by molar-refractivity contribution is 0.133. The second kappa shape index (κ2) is 5.27. The Morgan fingerprint density at radius 2 is 1.41 bits per heavy atom. The molecule has 0 aliphatic rings. The highest BCUT2D eigenvalue weighted by Crippen LogP contribution is 2.50. The van der Waals surface area contributed by atoms with E-state index in [0.717, 1.165) is 12.8 Å². The molecule has 17 heavy (non-hydrogen) atoms. The third kappa shape index (κ3) is 4.30. The molecule has 2 N–H and O–H groups in total. The van der Waals surface area contributed by atoms with Crippen molar-refractivity contribution in [3.63, 3.8) is 0 Å². The van der Waals surface area contributed by atoms with Gasteiger partial charge < -0.3 is 9.79 Å². The Hall–Kier alpha value is 0.544. The van der Waals surface area contributed by atoms with Gasteiger partial charge in [-0.3, -0.25) is 4.52 Å². The van der Waals surface area contributed by atoms with Gasteiger partial charge in [-0.1, -0.05) is 52.6 Å². The molecule has 0 aliphatic carbocycles. The molecule has 0 saturated carbocycles. The molecule has 0 radical (unpaired) electrons. The fourth-order valence-corrected chi connectivity index (χ4v) is 17.2. The predicted octanol–water partition coefficient (Wildman–Crippen LogP) is 3.39. The molecule has 0 atom stereocenters. The summed E-state index contributed by atoms with van der Waals surface area (Å²) in [7, 11) is -8.15. The van der Waals surface area contributed by atoms with Crippen molar-refractivity contribution in [2.45, 2.75) is 63.9 Å². The molecular formula is C10H27O4PSi2. The Bertz CT molecular complexity index is 286. The second-order valence-corrected chi connectivity index (χ2v) is 18.9. The largest absolute Gasteiger partial charge is 0.469 e. The van der Waals surface area contributed by atoms with E-state index in [4.69, 9.17) is 4.52 Å². The number of hydrogen-bond donors (Lipinski definition) is 2. The van der Waals surface area contributed by atoms with Crippen molar-refractivity contribution in [3.05, 3.63) is 0 Å². The van der Waals surface area contributed by atoms with Crippen molar-refractivity contribution < 1.29 is 18.9 Å². The lowest BCUT2D eigenvalue weighted by Crippen LogP contribution is -2.67. The second-order valence-electron chi connectivity index (χ2n) is 6.66.